The highest BCUT2D eigenvalue weighted by atomic mass is 16.5. The molecule has 1 heterocycles. The van der Waals surface area contributed by atoms with Gasteiger partial charge in [0, 0.05) is 0 Å². The van der Waals surface area contributed by atoms with Crippen LogP contribution in [0.3, 0.4) is 0 Å². The van der Waals surface area contributed by atoms with Gasteiger partial charge in [0.05, 0.1) is 6.42 Å². The molecule has 1 saturated heterocycles. The van der Waals surface area contributed by atoms with Gasteiger partial charge in [0.1, 0.15) is 41.9 Å². The number of carbonyl (C=O) groups is 7. The van der Waals surface area contributed by atoms with Crippen LogP contribution in [0.1, 0.15) is 115 Å². The molecule has 0 aromatic carbocycles. The highest BCUT2D eigenvalue weighted by Gasteiger charge is 2.40. The number of esters is 1. The van der Waals surface area contributed by atoms with E-state index in [9.17, 15) is 33.6 Å². The van der Waals surface area contributed by atoms with Gasteiger partial charge in [0.15, 0.2) is 0 Å². The van der Waals surface area contributed by atoms with E-state index in [2.05, 4.69) is 31.9 Å². The summed E-state index contributed by atoms with van der Waals surface area (Å²) in [4.78, 5) is 93.7. The molecule has 1 aliphatic heterocycles. The average molecular weight is 695 g/mol. The van der Waals surface area contributed by atoms with Crippen LogP contribution in [0.4, 0.5) is 0 Å². The smallest absolute Gasteiger partial charge is 0.328 e. The molecule has 14 heteroatoms. The van der Waals surface area contributed by atoms with Crippen molar-refractivity contribution < 1.29 is 38.3 Å². The lowest BCUT2D eigenvalue weighted by Gasteiger charge is -2.35. The van der Waals surface area contributed by atoms with E-state index in [1.54, 1.807) is 6.92 Å². The molecule has 7 atom stereocenters. The average Bonchev–Trinajstić information content (AvgIpc) is 2.93. The summed E-state index contributed by atoms with van der Waals surface area (Å²) in [6.45, 7) is 21.1. The molecule has 0 saturated carbocycles. The van der Waals surface area contributed by atoms with E-state index >= 15 is 0 Å². The molecule has 6 amide bonds. The molecule has 0 aromatic rings. The first-order chi connectivity index (χ1) is 22.5. The molecule has 0 radical (unpaired) electrons. The Bertz CT molecular complexity index is 1190. The Morgan fingerprint density at radius 1 is 0.592 bits per heavy atom. The third-order valence-electron chi connectivity index (χ3n) is 8.00. The van der Waals surface area contributed by atoms with E-state index in [1.165, 1.54) is 20.8 Å². The zero-order chi connectivity index (χ0) is 37.8. The first kappa shape index (κ1) is 43.3. The maximum absolute atomic E-state index is 14.0. The molecular weight excluding hydrogens is 632 g/mol. The van der Waals surface area contributed by atoms with Crippen molar-refractivity contribution in [2.75, 3.05) is 0 Å². The Morgan fingerprint density at radius 2 is 1.04 bits per heavy atom. The van der Waals surface area contributed by atoms with E-state index in [1.807, 2.05) is 55.4 Å². The van der Waals surface area contributed by atoms with Crippen LogP contribution >= 0.6 is 0 Å². The van der Waals surface area contributed by atoms with E-state index in [0.717, 1.165) is 0 Å². The van der Waals surface area contributed by atoms with Crippen LogP contribution < -0.4 is 31.9 Å². The summed E-state index contributed by atoms with van der Waals surface area (Å²) in [5.74, 6) is -4.44. The number of amides is 6. The van der Waals surface area contributed by atoms with Gasteiger partial charge in [0.2, 0.25) is 35.4 Å². The van der Waals surface area contributed by atoms with E-state index in [0.29, 0.717) is 0 Å². The second kappa shape index (κ2) is 19.5. The summed E-state index contributed by atoms with van der Waals surface area (Å²) in [5, 5.41) is 16.3. The van der Waals surface area contributed by atoms with Gasteiger partial charge in [0.25, 0.3) is 0 Å². The quantitative estimate of drug-likeness (QED) is 0.207. The van der Waals surface area contributed by atoms with Crippen LogP contribution in [0.15, 0.2) is 0 Å². The second-order valence-corrected chi connectivity index (χ2v) is 15.4. The normalized spacial score (nSPS) is 29.3. The Kier molecular flexibility index (Phi) is 17.2. The standard InChI is InChI=1S/C35H62N6O8/c1-18(2)13-25-30(44)37-24(11)33(47)49-22(9)16-28(42)36-23(10)29(43)38-27(15-20(5)6)32(46)41-35(12,17-21(7)8)34(48)40-26(14-19(3)4)31(45)39-25/h18-27H,13-17H2,1-12H3,(H,36,42)(H,37,44)(H,38,43)(H,39,45)(H,40,48)(H,41,46). The van der Waals surface area contributed by atoms with E-state index in [4.69, 9.17) is 4.74 Å². The van der Waals surface area contributed by atoms with Gasteiger partial charge in [-0.3, -0.25) is 28.8 Å². The molecule has 0 aliphatic carbocycles. The molecule has 1 fully saturated rings. The SMILES string of the molecule is CC(C)CC1NC(=O)C(C)NC(=O)CC(C)OC(=O)C(C)NC(=O)C(CC(C)C)NC(=O)C(CC(C)C)NC(=O)C(C)(CC(C)C)NC1=O. The van der Waals surface area contributed by atoms with Crippen LogP contribution in [-0.2, 0) is 38.3 Å². The molecular formula is C35H62N6O8. The predicted molar refractivity (Wildman–Crippen MR) is 186 cm³/mol. The van der Waals surface area contributed by atoms with Crippen molar-refractivity contribution >= 4 is 41.4 Å². The second-order valence-electron chi connectivity index (χ2n) is 15.4. The summed E-state index contributed by atoms with van der Waals surface area (Å²) in [5.41, 5.74) is -1.47. The molecule has 0 bridgehead atoms. The minimum atomic E-state index is -1.47. The fraction of sp³-hybridized carbons (Fsp3) is 0.800. The minimum Gasteiger partial charge on any atom is -0.461 e. The topological polar surface area (TPSA) is 201 Å². The zero-order valence-electron chi connectivity index (χ0n) is 31.6. The van der Waals surface area contributed by atoms with Gasteiger partial charge < -0.3 is 36.6 Å². The lowest BCUT2D eigenvalue weighted by atomic mass is 9.88. The van der Waals surface area contributed by atoms with Crippen molar-refractivity contribution in [2.24, 2.45) is 23.7 Å². The summed E-state index contributed by atoms with van der Waals surface area (Å²) in [6.07, 6.45) is -0.174. The van der Waals surface area contributed by atoms with Crippen molar-refractivity contribution in [3.8, 4) is 0 Å². The molecule has 6 N–H and O–H groups in total. The number of rotatable bonds is 8. The van der Waals surface area contributed by atoms with Crippen molar-refractivity contribution in [1.82, 2.24) is 31.9 Å². The third kappa shape index (κ3) is 15.2. The molecule has 14 nitrogen and oxygen atoms in total. The lowest BCUT2D eigenvalue weighted by molar-refractivity contribution is -0.153. The molecule has 1 rings (SSSR count). The summed E-state index contributed by atoms with van der Waals surface area (Å²) in [6, 6.07) is -5.24. The summed E-state index contributed by atoms with van der Waals surface area (Å²) < 4.78 is 5.38. The number of ether oxygens (including phenoxy) is 1. The largest absolute Gasteiger partial charge is 0.461 e. The summed E-state index contributed by atoms with van der Waals surface area (Å²) >= 11 is 0. The van der Waals surface area contributed by atoms with Gasteiger partial charge in [-0.15, -0.1) is 0 Å². The van der Waals surface area contributed by atoms with Crippen LogP contribution in [-0.4, -0.2) is 83.3 Å². The van der Waals surface area contributed by atoms with Crippen molar-refractivity contribution in [3.05, 3.63) is 0 Å². The number of cyclic esters (lactones) is 1. The van der Waals surface area contributed by atoms with Crippen LogP contribution in [0.2, 0.25) is 0 Å². The van der Waals surface area contributed by atoms with Gasteiger partial charge in [-0.2, -0.15) is 0 Å². The van der Waals surface area contributed by atoms with E-state index < -0.39 is 83.3 Å². The van der Waals surface area contributed by atoms with Crippen LogP contribution in [0, 0.1) is 23.7 Å². The summed E-state index contributed by atoms with van der Waals surface area (Å²) in [7, 11) is 0. The van der Waals surface area contributed by atoms with E-state index in [-0.39, 0.29) is 55.8 Å². The Labute approximate surface area is 292 Å². The zero-order valence-corrected chi connectivity index (χ0v) is 31.6. The molecule has 7 unspecified atom stereocenters. The number of carbonyl (C=O) groups excluding carboxylic acids is 7. The Morgan fingerprint density at radius 3 is 1.53 bits per heavy atom. The number of hydrogen-bond acceptors (Lipinski definition) is 8. The molecule has 0 aromatic heterocycles. The maximum atomic E-state index is 14.0. The minimum absolute atomic E-state index is 0.0141. The molecule has 1 aliphatic rings. The molecule has 0 spiro atoms. The number of hydrogen-bond donors (Lipinski definition) is 6. The van der Waals surface area contributed by atoms with Gasteiger partial charge in [-0.25, -0.2) is 4.79 Å². The first-order valence-corrected chi connectivity index (χ1v) is 17.6. The Balaban J connectivity index is 3.65. The highest BCUT2D eigenvalue weighted by Crippen LogP contribution is 2.20. The highest BCUT2D eigenvalue weighted by molar-refractivity contribution is 5.98. The third-order valence-corrected chi connectivity index (χ3v) is 8.00. The van der Waals surface area contributed by atoms with Crippen molar-refractivity contribution in [2.45, 2.75) is 157 Å². The first-order valence-electron chi connectivity index (χ1n) is 17.6. The van der Waals surface area contributed by atoms with Crippen molar-refractivity contribution in [3.63, 3.8) is 0 Å². The fourth-order valence-electron chi connectivity index (χ4n) is 5.71. The van der Waals surface area contributed by atoms with Crippen LogP contribution in [0.5, 0.6) is 0 Å². The van der Waals surface area contributed by atoms with Gasteiger partial charge in [-0.05, 0) is 77.0 Å². The maximum Gasteiger partial charge on any atom is 0.328 e. The molecule has 49 heavy (non-hydrogen) atoms. The van der Waals surface area contributed by atoms with Crippen molar-refractivity contribution in [1.29, 1.82) is 0 Å². The molecule has 280 valence electrons. The number of nitrogens with one attached hydrogen (secondary N) is 6. The van der Waals surface area contributed by atoms with Gasteiger partial charge in [-0.1, -0.05) is 55.4 Å². The van der Waals surface area contributed by atoms with Crippen LogP contribution in [0.25, 0.3) is 0 Å². The lowest BCUT2D eigenvalue weighted by Crippen LogP contribution is -2.64. The van der Waals surface area contributed by atoms with Gasteiger partial charge >= 0.3 is 5.97 Å². The monoisotopic (exact) mass is 694 g/mol. The predicted octanol–water partition coefficient (Wildman–Crippen LogP) is 1.84. The fourth-order valence-corrected chi connectivity index (χ4v) is 5.71. The Hall–Kier alpha value is -3.71.